The molecule has 0 atom stereocenters. The molecular weight excluding hydrogens is 368 g/mol. The minimum atomic E-state index is -0.417. The van der Waals surface area contributed by atoms with Crippen LogP contribution in [-0.2, 0) is 22.7 Å². The first-order valence-electron chi connectivity index (χ1n) is 8.42. The summed E-state index contributed by atoms with van der Waals surface area (Å²) in [4.78, 5) is 12.4. The molecule has 7 heteroatoms. The standard InChI is InChI=1S/C20H17ClN2O4/c1-13-6-7-22-23(13)18-4-2-14(3-5-18)20(24)26-11-16-9-17(21)8-15-10-25-12-27-19(15)16/h2-9H,10-12H2,1H3. The molecule has 0 N–H and O–H groups in total. The molecule has 1 aromatic heterocycles. The van der Waals surface area contributed by atoms with Crippen LogP contribution in [-0.4, -0.2) is 22.5 Å². The number of carbonyl (C=O) groups excluding carboxylic acids is 1. The lowest BCUT2D eigenvalue weighted by atomic mass is 10.1. The van der Waals surface area contributed by atoms with Gasteiger partial charge in [0.05, 0.1) is 17.9 Å². The molecule has 0 amide bonds. The number of halogens is 1. The van der Waals surface area contributed by atoms with Gasteiger partial charge >= 0.3 is 5.97 Å². The van der Waals surface area contributed by atoms with Crippen molar-refractivity contribution in [3.63, 3.8) is 0 Å². The van der Waals surface area contributed by atoms with Crippen LogP contribution in [0.5, 0.6) is 5.75 Å². The van der Waals surface area contributed by atoms with Crippen molar-refractivity contribution in [2.75, 3.05) is 6.79 Å². The van der Waals surface area contributed by atoms with Crippen molar-refractivity contribution in [1.82, 2.24) is 9.78 Å². The third-order valence-corrected chi connectivity index (χ3v) is 4.51. The lowest BCUT2D eigenvalue weighted by Crippen LogP contribution is -2.14. The van der Waals surface area contributed by atoms with Gasteiger partial charge in [0.15, 0.2) is 6.79 Å². The molecule has 3 aromatic rings. The molecular formula is C20H17ClN2O4. The van der Waals surface area contributed by atoms with Crippen molar-refractivity contribution in [1.29, 1.82) is 0 Å². The maximum Gasteiger partial charge on any atom is 0.338 e. The second-order valence-corrected chi connectivity index (χ2v) is 6.61. The molecule has 27 heavy (non-hydrogen) atoms. The number of aromatic nitrogens is 2. The van der Waals surface area contributed by atoms with E-state index in [0.717, 1.165) is 22.5 Å². The van der Waals surface area contributed by atoms with Gasteiger partial charge in [0.2, 0.25) is 0 Å². The first kappa shape index (κ1) is 17.6. The summed E-state index contributed by atoms with van der Waals surface area (Å²) >= 11 is 6.13. The van der Waals surface area contributed by atoms with Gasteiger partial charge < -0.3 is 14.2 Å². The Morgan fingerprint density at radius 3 is 2.81 bits per heavy atom. The van der Waals surface area contributed by atoms with Crippen LogP contribution in [0.15, 0.2) is 48.7 Å². The molecule has 6 nitrogen and oxygen atoms in total. The van der Waals surface area contributed by atoms with E-state index in [-0.39, 0.29) is 13.4 Å². The lowest BCUT2D eigenvalue weighted by molar-refractivity contribution is -0.0180. The zero-order valence-electron chi connectivity index (χ0n) is 14.6. The van der Waals surface area contributed by atoms with Gasteiger partial charge in [-0.2, -0.15) is 5.10 Å². The minimum absolute atomic E-state index is 0.0712. The van der Waals surface area contributed by atoms with Crippen molar-refractivity contribution in [3.8, 4) is 11.4 Å². The van der Waals surface area contributed by atoms with Crippen LogP contribution in [0.3, 0.4) is 0 Å². The predicted molar refractivity (Wildman–Crippen MR) is 99.2 cm³/mol. The first-order chi connectivity index (χ1) is 13.1. The van der Waals surface area contributed by atoms with Crippen molar-refractivity contribution in [2.45, 2.75) is 20.1 Å². The molecule has 0 saturated carbocycles. The van der Waals surface area contributed by atoms with E-state index >= 15 is 0 Å². The third kappa shape index (κ3) is 3.67. The fraction of sp³-hybridized carbons (Fsp3) is 0.200. The summed E-state index contributed by atoms with van der Waals surface area (Å²) in [5, 5.41) is 4.80. The predicted octanol–water partition coefficient (Wildman–Crippen LogP) is 4.06. The molecule has 1 aliphatic rings. The van der Waals surface area contributed by atoms with Gasteiger partial charge in [0.25, 0.3) is 0 Å². The van der Waals surface area contributed by atoms with E-state index in [1.165, 1.54) is 0 Å². The normalized spacial score (nSPS) is 13.0. The largest absolute Gasteiger partial charge is 0.467 e. The maximum absolute atomic E-state index is 12.4. The molecule has 2 aromatic carbocycles. The number of aryl methyl sites for hydroxylation is 1. The zero-order chi connectivity index (χ0) is 18.8. The Balaban J connectivity index is 1.47. The fourth-order valence-electron chi connectivity index (χ4n) is 2.97. The number of hydrogen-bond donors (Lipinski definition) is 0. The maximum atomic E-state index is 12.4. The second kappa shape index (κ2) is 7.42. The first-order valence-corrected chi connectivity index (χ1v) is 8.79. The summed E-state index contributed by atoms with van der Waals surface area (Å²) in [6, 6.07) is 12.5. The van der Waals surface area contributed by atoms with Crippen LogP contribution in [0.25, 0.3) is 5.69 Å². The number of benzene rings is 2. The number of hydrogen-bond acceptors (Lipinski definition) is 5. The summed E-state index contributed by atoms with van der Waals surface area (Å²) in [5.41, 5.74) is 3.92. The highest BCUT2D eigenvalue weighted by Crippen LogP contribution is 2.32. The summed E-state index contributed by atoms with van der Waals surface area (Å²) in [7, 11) is 0. The summed E-state index contributed by atoms with van der Waals surface area (Å²) in [5.74, 6) is 0.252. The number of rotatable bonds is 4. The second-order valence-electron chi connectivity index (χ2n) is 6.17. The van der Waals surface area contributed by atoms with Gasteiger partial charge in [-0.25, -0.2) is 9.48 Å². The number of carbonyl (C=O) groups is 1. The third-order valence-electron chi connectivity index (χ3n) is 4.29. The van der Waals surface area contributed by atoms with Crippen molar-refractivity contribution in [3.05, 3.63) is 76.1 Å². The van der Waals surface area contributed by atoms with Gasteiger partial charge in [-0.15, -0.1) is 0 Å². The number of esters is 1. The van der Waals surface area contributed by atoms with Crippen LogP contribution >= 0.6 is 11.6 Å². The van der Waals surface area contributed by atoms with Crippen LogP contribution < -0.4 is 4.74 Å². The molecule has 0 bridgehead atoms. The van der Waals surface area contributed by atoms with E-state index in [1.807, 2.05) is 25.1 Å². The Bertz CT molecular complexity index is 982. The number of ether oxygens (including phenoxy) is 3. The zero-order valence-corrected chi connectivity index (χ0v) is 15.4. The molecule has 2 heterocycles. The van der Waals surface area contributed by atoms with Crippen LogP contribution in [0, 0.1) is 6.92 Å². The molecule has 4 rings (SSSR count). The van der Waals surface area contributed by atoms with Crippen molar-refractivity contribution in [2.24, 2.45) is 0 Å². The Hall–Kier alpha value is -2.83. The molecule has 1 aliphatic heterocycles. The van der Waals surface area contributed by atoms with E-state index in [1.54, 1.807) is 35.1 Å². The van der Waals surface area contributed by atoms with Crippen LogP contribution in [0.1, 0.15) is 27.2 Å². The summed E-state index contributed by atoms with van der Waals surface area (Å²) in [6.07, 6.45) is 1.73. The Kier molecular flexibility index (Phi) is 4.83. The van der Waals surface area contributed by atoms with Gasteiger partial charge in [0, 0.05) is 28.0 Å². The van der Waals surface area contributed by atoms with E-state index in [9.17, 15) is 4.79 Å². The molecule has 0 radical (unpaired) electrons. The van der Waals surface area contributed by atoms with Crippen LogP contribution in [0.2, 0.25) is 5.02 Å². The molecule has 0 fully saturated rings. The van der Waals surface area contributed by atoms with E-state index in [4.69, 9.17) is 25.8 Å². The highest BCUT2D eigenvalue weighted by Gasteiger charge is 2.18. The Labute approximate surface area is 161 Å². The van der Waals surface area contributed by atoms with Gasteiger partial charge in [-0.1, -0.05) is 11.6 Å². The van der Waals surface area contributed by atoms with Gasteiger partial charge in [-0.3, -0.25) is 0 Å². The molecule has 0 spiro atoms. The van der Waals surface area contributed by atoms with Gasteiger partial charge in [-0.05, 0) is 49.4 Å². The van der Waals surface area contributed by atoms with Crippen molar-refractivity contribution >= 4 is 17.6 Å². The van der Waals surface area contributed by atoms with E-state index in [0.29, 0.717) is 22.9 Å². The molecule has 0 aliphatic carbocycles. The van der Waals surface area contributed by atoms with E-state index in [2.05, 4.69) is 5.10 Å². The molecule has 0 saturated heterocycles. The Morgan fingerprint density at radius 1 is 1.26 bits per heavy atom. The van der Waals surface area contributed by atoms with Crippen LogP contribution in [0.4, 0.5) is 0 Å². The monoisotopic (exact) mass is 384 g/mol. The summed E-state index contributed by atoms with van der Waals surface area (Å²) in [6.45, 7) is 2.63. The topological polar surface area (TPSA) is 62.6 Å². The highest BCUT2D eigenvalue weighted by molar-refractivity contribution is 6.30. The summed E-state index contributed by atoms with van der Waals surface area (Å²) < 4.78 is 18.0. The Morgan fingerprint density at radius 2 is 2.07 bits per heavy atom. The van der Waals surface area contributed by atoms with E-state index < -0.39 is 5.97 Å². The highest BCUT2D eigenvalue weighted by atomic mass is 35.5. The lowest BCUT2D eigenvalue weighted by Gasteiger charge is -2.21. The SMILES string of the molecule is Cc1ccnn1-c1ccc(C(=O)OCc2cc(Cl)cc3c2OCOC3)cc1. The number of fused-ring (bicyclic) bond motifs is 1. The van der Waals surface area contributed by atoms with Gasteiger partial charge in [0.1, 0.15) is 12.4 Å². The van der Waals surface area contributed by atoms with Crippen molar-refractivity contribution < 1.29 is 19.0 Å². The average Bonchev–Trinajstić information content (AvgIpc) is 3.11. The quantitative estimate of drug-likeness (QED) is 0.635. The average molecular weight is 385 g/mol. The number of nitrogens with zero attached hydrogens (tertiary/aromatic N) is 2. The smallest absolute Gasteiger partial charge is 0.338 e. The fourth-order valence-corrected chi connectivity index (χ4v) is 3.23. The molecule has 138 valence electrons. The molecule has 0 unspecified atom stereocenters. The minimum Gasteiger partial charge on any atom is -0.467 e.